The van der Waals surface area contributed by atoms with E-state index >= 15 is 0 Å². The Labute approximate surface area is 130 Å². The van der Waals surface area contributed by atoms with E-state index in [9.17, 15) is 9.59 Å². The zero-order chi connectivity index (χ0) is 15.5. The number of carbonyl (C=O) groups is 2. The minimum absolute atomic E-state index is 0.0646. The Bertz CT molecular complexity index is 491. The van der Waals surface area contributed by atoms with E-state index in [0.717, 1.165) is 24.3 Å². The molecule has 2 heterocycles. The summed E-state index contributed by atoms with van der Waals surface area (Å²) >= 11 is 1.64. The maximum atomic E-state index is 12.3. The lowest BCUT2D eigenvalue weighted by molar-refractivity contribution is -0.142. The van der Waals surface area contributed by atoms with Crippen molar-refractivity contribution in [3.63, 3.8) is 0 Å². The van der Waals surface area contributed by atoms with Gasteiger partial charge in [0.05, 0.1) is 12.5 Å². The van der Waals surface area contributed by atoms with E-state index in [4.69, 9.17) is 0 Å². The van der Waals surface area contributed by atoms with Gasteiger partial charge in [-0.25, -0.2) is 0 Å². The van der Waals surface area contributed by atoms with Gasteiger partial charge in [-0.15, -0.1) is 11.3 Å². The first-order valence-electron chi connectivity index (χ1n) is 7.47. The Hall–Kier alpha value is -1.36. The average molecular weight is 308 g/mol. The molecule has 2 amide bonds. The van der Waals surface area contributed by atoms with Gasteiger partial charge in [0.2, 0.25) is 11.8 Å². The van der Waals surface area contributed by atoms with Crippen molar-refractivity contribution in [2.45, 2.75) is 40.2 Å². The molecule has 1 saturated heterocycles. The van der Waals surface area contributed by atoms with Gasteiger partial charge < -0.3 is 10.2 Å². The van der Waals surface area contributed by atoms with Gasteiger partial charge in [0.15, 0.2) is 0 Å². The second-order valence-corrected chi connectivity index (χ2v) is 7.67. The number of rotatable bonds is 3. The quantitative estimate of drug-likeness (QED) is 0.933. The van der Waals surface area contributed by atoms with Crippen LogP contribution in [0.25, 0.3) is 0 Å². The highest BCUT2D eigenvalue weighted by atomic mass is 32.1. The van der Waals surface area contributed by atoms with Crippen LogP contribution in [0.3, 0.4) is 0 Å². The lowest BCUT2D eigenvalue weighted by Crippen LogP contribution is -2.48. The maximum Gasteiger partial charge on any atom is 0.227 e. The lowest BCUT2D eigenvalue weighted by Gasteiger charge is -2.35. The zero-order valence-corrected chi connectivity index (χ0v) is 13.8. The lowest BCUT2D eigenvalue weighted by atomic mass is 9.91. The van der Waals surface area contributed by atoms with Crippen LogP contribution in [0, 0.1) is 11.3 Å². The first kappa shape index (κ1) is 16.0. The van der Waals surface area contributed by atoms with Crippen molar-refractivity contribution in [1.82, 2.24) is 10.2 Å². The molecule has 0 aliphatic carbocycles. The fourth-order valence-corrected chi connectivity index (χ4v) is 3.23. The highest BCUT2D eigenvalue weighted by Gasteiger charge is 2.33. The fraction of sp³-hybridized carbons (Fsp3) is 0.625. The third kappa shape index (κ3) is 4.30. The fourth-order valence-electron chi connectivity index (χ4n) is 2.58. The van der Waals surface area contributed by atoms with Crippen LogP contribution < -0.4 is 5.32 Å². The highest BCUT2D eigenvalue weighted by Crippen LogP contribution is 2.23. The molecule has 0 spiro atoms. The normalized spacial score (nSPS) is 19.4. The molecule has 1 fully saturated rings. The molecule has 1 unspecified atom stereocenters. The summed E-state index contributed by atoms with van der Waals surface area (Å²) < 4.78 is 0. The van der Waals surface area contributed by atoms with E-state index in [0.29, 0.717) is 13.1 Å². The molecule has 5 heteroatoms. The van der Waals surface area contributed by atoms with Crippen LogP contribution in [0.1, 0.15) is 38.5 Å². The van der Waals surface area contributed by atoms with E-state index in [-0.39, 0.29) is 23.1 Å². The summed E-state index contributed by atoms with van der Waals surface area (Å²) in [4.78, 5) is 27.6. The summed E-state index contributed by atoms with van der Waals surface area (Å²) in [5.41, 5.74) is -0.380. The molecule has 21 heavy (non-hydrogen) atoms. The molecule has 1 N–H and O–H groups in total. The SMILES string of the molecule is CC(C)(C)C(=O)N1CCCC(C(=O)NCc2cccs2)C1. The van der Waals surface area contributed by atoms with Crippen molar-refractivity contribution in [2.75, 3.05) is 13.1 Å². The Morgan fingerprint density at radius 3 is 2.81 bits per heavy atom. The number of nitrogens with zero attached hydrogens (tertiary/aromatic N) is 1. The van der Waals surface area contributed by atoms with Gasteiger partial charge in [-0.1, -0.05) is 26.8 Å². The molecule has 2 rings (SSSR count). The van der Waals surface area contributed by atoms with E-state index in [1.807, 2.05) is 43.2 Å². The van der Waals surface area contributed by atoms with Crippen molar-refractivity contribution in [3.8, 4) is 0 Å². The Balaban J connectivity index is 1.88. The molecule has 1 atom stereocenters. The van der Waals surface area contributed by atoms with E-state index in [1.54, 1.807) is 11.3 Å². The topological polar surface area (TPSA) is 49.4 Å². The largest absolute Gasteiger partial charge is 0.351 e. The van der Waals surface area contributed by atoms with Crippen molar-refractivity contribution in [1.29, 1.82) is 0 Å². The van der Waals surface area contributed by atoms with Gasteiger partial charge in [0.1, 0.15) is 0 Å². The minimum Gasteiger partial charge on any atom is -0.351 e. The molecule has 116 valence electrons. The van der Waals surface area contributed by atoms with E-state index in [1.165, 1.54) is 0 Å². The monoisotopic (exact) mass is 308 g/mol. The zero-order valence-electron chi connectivity index (χ0n) is 13.0. The molecular weight excluding hydrogens is 284 g/mol. The number of hydrogen-bond acceptors (Lipinski definition) is 3. The van der Waals surface area contributed by atoms with Crippen LogP contribution in [-0.2, 0) is 16.1 Å². The standard InChI is InChI=1S/C16H24N2O2S/c1-16(2,3)15(20)18-8-4-6-12(11-18)14(19)17-10-13-7-5-9-21-13/h5,7,9,12H,4,6,8,10-11H2,1-3H3,(H,17,19). The number of piperidine rings is 1. The molecule has 0 bridgehead atoms. The first-order valence-corrected chi connectivity index (χ1v) is 8.35. The Morgan fingerprint density at radius 2 is 2.19 bits per heavy atom. The second kappa shape index (κ2) is 6.60. The summed E-state index contributed by atoms with van der Waals surface area (Å²) in [6.45, 7) is 7.68. The number of likely N-dealkylation sites (tertiary alicyclic amines) is 1. The molecule has 1 aliphatic heterocycles. The van der Waals surface area contributed by atoms with Crippen molar-refractivity contribution in [2.24, 2.45) is 11.3 Å². The smallest absolute Gasteiger partial charge is 0.227 e. The molecule has 1 aromatic rings. The second-order valence-electron chi connectivity index (χ2n) is 6.64. The van der Waals surface area contributed by atoms with Crippen LogP contribution >= 0.6 is 11.3 Å². The average Bonchev–Trinajstić information content (AvgIpc) is 2.96. The predicted molar refractivity (Wildman–Crippen MR) is 84.9 cm³/mol. The van der Waals surface area contributed by atoms with Gasteiger partial charge in [0, 0.05) is 23.4 Å². The van der Waals surface area contributed by atoms with E-state index in [2.05, 4.69) is 5.32 Å². The number of nitrogens with one attached hydrogen (secondary N) is 1. The van der Waals surface area contributed by atoms with Crippen LogP contribution in [0.2, 0.25) is 0 Å². The minimum atomic E-state index is -0.380. The van der Waals surface area contributed by atoms with Crippen molar-refractivity contribution >= 4 is 23.2 Å². The molecular formula is C16H24N2O2S. The number of amides is 2. The van der Waals surface area contributed by atoms with Gasteiger partial charge in [0.25, 0.3) is 0 Å². The van der Waals surface area contributed by atoms with Gasteiger partial charge >= 0.3 is 0 Å². The van der Waals surface area contributed by atoms with Gasteiger partial charge in [-0.3, -0.25) is 9.59 Å². The summed E-state index contributed by atoms with van der Waals surface area (Å²) in [6.07, 6.45) is 1.77. The molecule has 0 aromatic carbocycles. The molecule has 1 aliphatic rings. The van der Waals surface area contributed by atoms with Crippen molar-refractivity contribution in [3.05, 3.63) is 22.4 Å². The van der Waals surface area contributed by atoms with Crippen LogP contribution in [0.15, 0.2) is 17.5 Å². The first-order chi connectivity index (χ1) is 9.88. The molecule has 1 aromatic heterocycles. The number of thiophene rings is 1. The number of hydrogen-bond donors (Lipinski definition) is 1. The third-order valence-electron chi connectivity index (χ3n) is 3.74. The van der Waals surface area contributed by atoms with E-state index < -0.39 is 0 Å². The molecule has 0 radical (unpaired) electrons. The summed E-state index contributed by atoms with van der Waals surface area (Å²) in [5, 5.41) is 4.99. The maximum absolute atomic E-state index is 12.3. The summed E-state index contributed by atoms with van der Waals surface area (Å²) in [7, 11) is 0. The van der Waals surface area contributed by atoms with Gasteiger partial charge in [-0.2, -0.15) is 0 Å². The van der Waals surface area contributed by atoms with Crippen LogP contribution in [0.4, 0.5) is 0 Å². The summed E-state index contributed by atoms with van der Waals surface area (Å²) in [6, 6.07) is 4.00. The summed E-state index contributed by atoms with van der Waals surface area (Å²) in [5.74, 6) is 0.123. The van der Waals surface area contributed by atoms with Gasteiger partial charge in [-0.05, 0) is 24.3 Å². The number of carbonyl (C=O) groups excluding carboxylic acids is 2. The highest BCUT2D eigenvalue weighted by molar-refractivity contribution is 7.09. The molecule has 0 saturated carbocycles. The van der Waals surface area contributed by atoms with Crippen LogP contribution in [0.5, 0.6) is 0 Å². The predicted octanol–water partition coefficient (Wildman–Crippen LogP) is 2.65. The third-order valence-corrected chi connectivity index (χ3v) is 4.61. The Morgan fingerprint density at radius 1 is 1.43 bits per heavy atom. The van der Waals surface area contributed by atoms with Crippen LogP contribution in [-0.4, -0.2) is 29.8 Å². The Kier molecular flexibility index (Phi) is 5.04. The van der Waals surface area contributed by atoms with Crippen molar-refractivity contribution < 1.29 is 9.59 Å². The molecule has 4 nitrogen and oxygen atoms in total.